The quantitative estimate of drug-likeness (QED) is 0.872. The fourth-order valence-electron chi connectivity index (χ4n) is 3.77. The van der Waals surface area contributed by atoms with Crippen molar-refractivity contribution in [3.8, 4) is 0 Å². The van der Waals surface area contributed by atoms with Gasteiger partial charge in [-0.1, -0.05) is 23.7 Å². The van der Waals surface area contributed by atoms with Gasteiger partial charge in [-0.3, -0.25) is 4.79 Å². The number of nitrogens with one attached hydrogen (secondary N) is 2. The summed E-state index contributed by atoms with van der Waals surface area (Å²) < 4.78 is 0. The van der Waals surface area contributed by atoms with E-state index in [1.807, 2.05) is 25.1 Å². The van der Waals surface area contributed by atoms with Crippen LogP contribution in [0.1, 0.15) is 58.1 Å². The van der Waals surface area contributed by atoms with Crippen LogP contribution < -0.4 is 10.6 Å². The molecule has 2 rings (SSSR count). The van der Waals surface area contributed by atoms with Crippen molar-refractivity contribution >= 4 is 17.5 Å². The second-order valence-electron chi connectivity index (χ2n) is 8.15. The summed E-state index contributed by atoms with van der Waals surface area (Å²) in [5, 5.41) is 7.62. The van der Waals surface area contributed by atoms with Crippen LogP contribution >= 0.6 is 11.6 Å². The maximum absolute atomic E-state index is 12.3. The van der Waals surface area contributed by atoms with Crippen molar-refractivity contribution < 1.29 is 4.79 Å². The number of halogens is 1. The molecule has 23 heavy (non-hydrogen) atoms. The summed E-state index contributed by atoms with van der Waals surface area (Å²) in [5.41, 5.74) is 2.27. The molecule has 1 aliphatic rings. The lowest BCUT2D eigenvalue weighted by Gasteiger charge is -2.46. The molecule has 0 bridgehead atoms. The molecule has 0 unspecified atom stereocenters. The van der Waals surface area contributed by atoms with Crippen molar-refractivity contribution in [1.29, 1.82) is 0 Å². The minimum atomic E-state index is 0.0458. The van der Waals surface area contributed by atoms with Crippen LogP contribution in [-0.2, 0) is 11.2 Å². The Morgan fingerprint density at radius 3 is 2.43 bits per heavy atom. The Morgan fingerprint density at radius 2 is 1.87 bits per heavy atom. The zero-order chi connectivity index (χ0) is 17.3. The predicted molar refractivity (Wildman–Crippen MR) is 97.0 cm³/mol. The second-order valence-corrected chi connectivity index (χ2v) is 8.56. The van der Waals surface area contributed by atoms with Gasteiger partial charge < -0.3 is 10.6 Å². The molecule has 0 atom stereocenters. The Labute approximate surface area is 145 Å². The molecule has 1 saturated heterocycles. The van der Waals surface area contributed by atoms with Gasteiger partial charge in [-0.05, 0) is 71.1 Å². The second kappa shape index (κ2) is 6.82. The largest absolute Gasteiger partial charge is 0.353 e. The molecule has 1 amide bonds. The van der Waals surface area contributed by atoms with Gasteiger partial charge in [-0.2, -0.15) is 0 Å². The molecule has 1 aliphatic heterocycles. The van der Waals surface area contributed by atoms with Gasteiger partial charge >= 0.3 is 0 Å². The summed E-state index contributed by atoms with van der Waals surface area (Å²) in [6.07, 6.45) is 3.14. The molecule has 3 nitrogen and oxygen atoms in total. The van der Waals surface area contributed by atoms with Gasteiger partial charge in [-0.25, -0.2) is 0 Å². The lowest BCUT2D eigenvalue weighted by molar-refractivity contribution is -0.122. The van der Waals surface area contributed by atoms with Crippen molar-refractivity contribution in [3.63, 3.8) is 0 Å². The molecular weight excluding hydrogens is 308 g/mol. The first-order valence-corrected chi connectivity index (χ1v) is 8.78. The molecule has 0 aromatic heterocycles. The van der Waals surface area contributed by atoms with Crippen molar-refractivity contribution in [2.24, 2.45) is 0 Å². The summed E-state index contributed by atoms with van der Waals surface area (Å²) in [6, 6.07) is 6.25. The molecule has 1 heterocycles. The van der Waals surface area contributed by atoms with E-state index in [0.717, 1.165) is 35.4 Å². The van der Waals surface area contributed by atoms with Crippen LogP contribution in [0.5, 0.6) is 0 Å². The molecule has 4 heteroatoms. The molecule has 0 aliphatic carbocycles. The molecule has 0 radical (unpaired) electrons. The highest BCUT2D eigenvalue weighted by atomic mass is 35.5. The number of rotatable bonds is 4. The summed E-state index contributed by atoms with van der Waals surface area (Å²) in [6.45, 7) is 10.8. The lowest BCUT2D eigenvalue weighted by atomic mass is 9.79. The van der Waals surface area contributed by atoms with Crippen LogP contribution in [0.25, 0.3) is 0 Å². The van der Waals surface area contributed by atoms with E-state index in [-0.39, 0.29) is 23.0 Å². The molecule has 2 N–H and O–H groups in total. The zero-order valence-electron chi connectivity index (χ0n) is 14.9. The van der Waals surface area contributed by atoms with E-state index >= 15 is 0 Å². The van der Waals surface area contributed by atoms with E-state index in [4.69, 9.17) is 11.6 Å². The van der Waals surface area contributed by atoms with Crippen LogP contribution in [0, 0.1) is 6.92 Å². The zero-order valence-corrected chi connectivity index (χ0v) is 15.7. The van der Waals surface area contributed by atoms with Gasteiger partial charge in [0.1, 0.15) is 0 Å². The fourth-order valence-corrected chi connectivity index (χ4v) is 3.98. The topological polar surface area (TPSA) is 41.1 Å². The van der Waals surface area contributed by atoms with Crippen molar-refractivity contribution in [2.75, 3.05) is 0 Å². The van der Waals surface area contributed by atoms with E-state index in [9.17, 15) is 4.79 Å². The summed E-state index contributed by atoms with van der Waals surface area (Å²) in [7, 11) is 0. The first-order valence-electron chi connectivity index (χ1n) is 8.40. The number of carbonyl (C=O) groups excluding carboxylic acids is 1. The Hall–Kier alpha value is -1.06. The molecule has 0 saturated carbocycles. The first kappa shape index (κ1) is 18.3. The van der Waals surface area contributed by atoms with Gasteiger partial charge in [-0.15, -0.1) is 0 Å². The third kappa shape index (κ3) is 5.50. The number of hydrogen-bond acceptors (Lipinski definition) is 2. The van der Waals surface area contributed by atoms with E-state index < -0.39 is 0 Å². The SMILES string of the molecule is Cc1ccc(CCC(=O)NC2CC(C)(C)NC(C)(C)C2)cc1Cl. The molecule has 128 valence electrons. The van der Waals surface area contributed by atoms with Crippen molar-refractivity contribution in [1.82, 2.24) is 10.6 Å². The maximum Gasteiger partial charge on any atom is 0.220 e. The molecule has 1 fully saturated rings. The standard InChI is InChI=1S/C19H29ClN2O/c1-13-6-7-14(10-16(13)20)8-9-17(23)21-15-11-18(2,3)22-19(4,5)12-15/h6-7,10,15,22H,8-9,11-12H2,1-5H3,(H,21,23). The van der Waals surface area contributed by atoms with Crippen molar-refractivity contribution in [2.45, 2.75) is 77.4 Å². The molecule has 1 aromatic rings. The number of piperidine rings is 1. The van der Waals surface area contributed by atoms with Crippen molar-refractivity contribution in [3.05, 3.63) is 34.3 Å². The normalized spacial score (nSPS) is 20.3. The van der Waals surface area contributed by atoms with E-state index in [1.165, 1.54) is 0 Å². The first-order chi connectivity index (χ1) is 10.6. The predicted octanol–water partition coefficient (Wildman–Crippen LogP) is 4.01. The number of hydrogen-bond donors (Lipinski definition) is 2. The van der Waals surface area contributed by atoms with Crippen LogP contribution in [0.2, 0.25) is 5.02 Å². The van der Waals surface area contributed by atoms with Gasteiger partial charge in [0.15, 0.2) is 0 Å². The molecule has 0 spiro atoms. The third-order valence-corrected chi connectivity index (χ3v) is 4.84. The van der Waals surface area contributed by atoms with Crippen LogP contribution in [0.3, 0.4) is 0 Å². The highest BCUT2D eigenvalue weighted by Crippen LogP contribution is 2.28. The van der Waals surface area contributed by atoms with Gasteiger partial charge in [0.25, 0.3) is 0 Å². The van der Waals surface area contributed by atoms with E-state index in [1.54, 1.807) is 0 Å². The Balaban J connectivity index is 1.88. The number of amides is 1. The lowest BCUT2D eigenvalue weighted by Crippen LogP contribution is -2.62. The van der Waals surface area contributed by atoms with E-state index in [0.29, 0.717) is 6.42 Å². The highest BCUT2D eigenvalue weighted by Gasteiger charge is 2.37. The molecule has 1 aromatic carbocycles. The molecular formula is C19H29ClN2O. The Bertz CT molecular complexity index is 565. The average molecular weight is 337 g/mol. The minimum absolute atomic E-state index is 0.0458. The fraction of sp³-hybridized carbons (Fsp3) is 0.632. The smallest absolute Gasteiger partial charge is 0.220 e. The minimum Gasteiger partial charge on any atom is -0.353 e. The monoisotopic (exact) mass is 336 g/mol. The third-order valence-electron chi connectivity index (χ3n) is 4.43. The Kier molecular flexibility index (Phi) is 5.42. The summed E-state index contributed by atoms with van der Waals surface area (Å²) in [5.74, 6) is 0.125. The average Bonchev–Trinajstić information content (AvgIpc) is 2.36. The number of benzene rings is 1. The Morgan fingerprint density at radius 1 is 1.26 bits per heavy atom. The highest BCUT2D eigenvalue weighted by molar-refractivity contribution is 6.31. The van der Waals surface area contributed by atoms with Crippen LogP contribution in [0.15, 0.2) is 18.2 Å². The van der Waals surface area contributed by atoms with E-state index in [2.05, 4.69) is 38.3 Å². The summed E-state index contributed by atoms with van der Waals surface area (Å²) in [4.78, 5) is 12.3. The van der Waals surface area contributed by atoms with Crippen LogP contribution in [-0.4, -0.2) is 23.0 Å². The summed E-state index contributed by atoms with van der Waals surface area (Å²) >= 11 is 6.14. The van der Waals surface area contributed by atoms with Gasteiger partial charge in [0.2, 0.25) is 5.91 Å². The number of aryl methyl sites for hydroxylation is 2. The van der Waals surface area contributed by atoms with Gasteiger partial charge in [0.05, 0.1) is 0 Å². The maximum atomic E-state index is 12.3. The van der Waals surface area contributed by atoms with Crippen LogP contribution in [0.4, 0.5) is 0 Å². The number of carbonyl (C=O) groups is 1. The van der Waals surface area contributed by atoms with Gasteiger partial charge in [0, 0.05) is 28.6 Å².